The number of hydrogen-bond acceptors (Lipinski definition) is 7. The van der Waals surface area contributed by atoms with Crippen molar-refractivity contribution in [2.75, 3.05) is 60.3 Å². The lowest BCUT2D eigenvalue weighted by Gasteiger charge is -2.37. The van der Waals surface area contributed by atoms with E-state index >= 15 is 0 Å². The number of sulfonamides is 1. The van der Waals surface area contributed by atoms with Crippen molar-refractivity contribution in [3.05, 3.63) is 46.1 Å². The van der Waals surface area contributed by atoms with E-state index in [0.717, 1.165) is 5.69 Å². The summed E-state index contributed by atoms with van der Waals surface area (Å²) in [5.74, 6) is -0.274. The van der Waals surface area contributed by atoms with Gasteiger partial charge in [0.25, 0.3) is 5.91 Å². The average molecular weight is 515 g/mol. The number of methoxy groups -OCH3 is 1. The van der Waals surface area contributed by atoms with Crippen LogP contribution in [0.25, 0.3) is 0 Å². The van der Waals surface area contributed by atoms with Crippen LogP contribution >= 0.6 is 23.2 Å². The van der Waals surface area contributed by atoms with Crippen LogP contribution in [-0.2, 0) is 19.5 Å². The predicted molar refractivity (Wildman–Crippen MR) is 128 cm³/mol. The highest BCUT2D eigenvalue weighted by Gasteiger charge is 2.30. The minimum Gasteiger partial charge on any atom is -0.382 e. The van der Waals surface area contributed by atoms with Crippen molar-refractivity contribution in [1.82, 2.24) is 4.98 Å². The molecule has 12 heteroatoms. The van der Waals surface area contributed by atoms with Crippen LogP contribution in [0.5, 0.6) is 0 Å². The highest BCUT2D eigenvalue weighted by molar-refractivity contribution is 7.93. The standard InChI is InChI=1S/C21H24Cl2N4O5S/c1-31-12-17-13-32-5-4-26(17)16-8-14(22)7-15(9-16)25-21(28)18-10-20(24-11-19(18)23)27-3-2-6-33(27,29)30/h7-11,17H,2-6,12-13H2,1H3,(H,25,28)/t17-/m0/s1. The molecule has 2 aromatic rings. The molecule has 2 saturated heterocycles. The Morgan fingerprint density at radius 3 is 2.82 bits per heavy atom. The van der Waals surface area contributed by atoms with E-state index in [1.165, 1.54) is 16.6 Å². The summed E-state index contributed by atoms with van der Waals surface area (Å²) >= 11 is 12.6. The van der Waals surface area contributed by atoms with Crippen LogP contribution < -0.4 is 14.5 Å². The molecule has 1 atom stereocenters. The Bertz CT molecular complexity index is 1150. The molecule has 2 aliphatic rings. The first-order valence-corrected chi connectivity index (χ1v) is 12.8. The van der Waals surface area contributed by atoms with Crippen LogP contribution in [-0.4, -0.2) is 71.1 Å². The number of nitrogens with zero attached hydrogens (tertiary/aromatic N) is 3. The van der Waals surface area contributed by atoms with Gasteiger partial charge in [0, 0.05) is 42.8 Å². The maximum atomic E-state index is 13.0. The summed E-state index contributed by atoms with van der Waals surface area (Å²) < 4.78 is 36.5. The van der Waals surface area contributed by atoms with Crippen molar-refractivity contribution in [2.24, 2.45) is 0 Å². The van der Waals surface area contributed by atoms with Gasteiger partial charge >= 0.3 is 0 Å². The van der Waals surface area contributed by atoms with Gasteiger partial charge in [-0.3, -0.25) is 9.10 Å². The molecule has 2 aliphatic heterocycles. The van der Waals surface area contributed by atoms with Crippen molar-refractivity contribution in [1.29, 1.82) is 0 Å². The first-order chi connectivity index (χ1) is 15.8. The molecule has 9 nitrogen and oxygen atoms in total. The molecule has 0 saturated carbocycles. The van der Waals surface area contributed by atoms with Crippen LogP contribution in [0.15, 0.2) is 30.5 Å². The molecule has 0 aliphatic carbocycles. The Morgan fingerprint density at radius 1 is 1.27 bits per heavy atom. The van der Waals surface area contributed by atoms with E-state index < -0.39 is 15.9 Å². The van der Waals surface area contributed by atoms with Gasteiger partial charge in [0.1, 0.15) is 5.82 Å². The summed E-state index contributed by atoms with van der Waals surface area (Å²) in [5.41, 5.74) is 1.43. The maximum absolute atomic E-state index is 13.0. The van der Waals surface area contributed by atoms with Gasteiger partial charge in [0.15, 0.2) is 0 Å². The van der Waals surface area contributed by atoms with Crippen molar-refractivity contribution in [2.45, 2.75) is 12.5 Å². The minimum atomic E-state index is -3.44. The average Bonchev–Trinajstić information content (AvgIpc) is 3.13. The summed E-state index contributed by atoms with van der Waals surface area (Å²) in [5, 5.41) is 3.38. The van der Waals surface area contributed by atoms with E-state index in [-0.39, 0.29) is 28.2 Å². The summed E-state index contributed by atoms with van der Waals surface area (Å²) in [6.45, 7) is 2.56. The van der Waals surface area contributed by atoms with Gasteiger partial charge in [-0.25, -0.2) is 13.4 Å². The Labute approximate surface area is 202 Å². The van der Waals surface area contributed by atoms with Gasteiger partial charge in [-0.15, -0.1) is 0 Å². The highest BCUT2D eigenvalue weighted by atomic mass is 35.5. The molecule has 0 bridgehead atoms. The molecule has 33 heavy (non-hydrogen) atoms. The Kier molecular flexibility index (Phi) is 7.30. The topological polar surface area (TPSA) is 101 Å². The summed E-state index contributed by atoms with van der Waals surface area (Å²) in [6, 6.07) is 6.68. The molecule has 1 aromatic carbocycles. The summed E-state index contributed by atoms with van der Waals surface area (Å²) in [6.07, 6.45) is 1.79. The highest BCUT2D eigenvalue weighted by Crippen LogP contribution is 2.30. The quantitative estimate of drug-likeness (QED) is 0.631. The van der Waals surface area contributed by atoms with E-state index in [4.69, 9.17) is 32.7 Å². The molecule has 1 aromatic heterocycles. The first-order valence-electron chi connectivity index (χ1n) is 10.4. The van der Waals surface area contributed by atoms with E-state index in [9.17, 15) is 13.2 Å². The van der Waals surface area contributed by atoms with Crippen LogP contribution in [0.2, 0.25) is 10.0 Å². The third-order valence-electron chi connectivity index (χ3n) is 5.50. The van der Waals surface area contributed by atoms with Crippen molar-refractivity contribution in [3.8, 4) is 0 Å². The number of pyridine rings is 1. The fourth-order valence-corrected chi connectivity index (χ4v) is 5.90. The van der Waals surface area contributed by atoms with Crippen LogP contribution in [0.4, 0.5) is 17.2 Å². The normalized spacial score (nSPS) is 20.2. The van der Waals surface area contributed by atoms with Gasteiger partial charge in [-0.05, 0) is 30.7 Å². The zero-order valence-corrected chi connectivity index (χ0v) is 20.3. The largest absolute Gasteiger partial charge is 0.382 e. The number of carbonyl (C=O) groups is 1. The molecule has 1 amide bonds. The van der Waals surface area contributed by atoms with Crippen molar-refractivity contribution < 1.29 is 22.7 Å². The lowest BCUT2D eigenvalue weighted by Crippen LogP contribution is -2.48. The van der Waals surface area contributed by atoms with Crippen LogP contribution in [0.1, 0.15) is 16.8 Å². The number of benzene rings is 1. The second-order valence-corrected chi connectivity index (χ2v) is 10.7. The van der Waals surface area contributed by atoms with Gasteiger partial charge in [0.2, 0.25) is 10.0 Å². The third-order valence-corrected chi connectivity index (χ3v) is 7.86. The summed E-state index contributed by atoms with van der Waals surface area (Å²) in [4.78, 5) is 19.3. The monoisotopic (exact) mass is 514 g/mol. The fourth-order valence-electron chi connectivity index (χ4n) is 3.97. The zero-order valence-electron chi connectivity index (χ0n) is 18.0. The second kappa shape index (κ2) is 10.0. The Hall–Kier alpha value is -2.11. The predicted octanol–water partition coefficient (Wildman–Crippen LogP) is 3.03. The van der Waals surface area contributed by atoms with Crippen molar-refractivity contribution in [3.63, 3.8) is 0 Å². The van der Waals surface area contributed by atoms with Gasteiger partial charge in [0.05, 0.1) is 42.2 Å². The number of halogens is 2. The lowest BCUT2D eigenvalue weighted by molar-refractivity contribution is 0.0602. The van der Waals surface area contributed by atoms with E-state index in [2.05, 4.69) is 15.2 Å². The Morgan fingerprint density at radius 2 is 2.09 bits per heavy atom. The van der Waals surface area contributed by atoms with Crippen molar-refractivity contribution >= 4 is 56.3 Å². The molecular formula is C21H24Cl2N4O5S. The minimum absolute atomic E-state index is 0.0189. The number of hydrogen-bond donors (Lipinski definition) is 1. The number of aromatic nitrogens is 1. The number of morpholine rings is 1. The molecule has 0 unspecified atom stereocenters. The molecule has 4 rings (SSSR count). The Balaban J connectivity index is 1.58. The van der Waals surface area contributed by atoms with Gasteiger partial charge in [-0.1, -0.05) is 23.2 Å². The molecule has 3 heterocycles. The first kappa shape index (κ1) is 24.0. The third kappa shape index (κ3) is 5.36. The number of rotatable bonds is 6. The lowest BCUT2D eigenvalue weighted by atomic mass is 10.1. The molecule has 178 valence electrons. The molecule has 1 N–H and O–H groups in total. The number of amides is 1. The molecule has 2 fully saturated rings. The number of ether oxygens (including phenoxy) is 2. The van der Waals surface area contributed by atoms with Gasteiger partial charge in [-0.2, -0.15) is 0 Å². The number of nitrogens with one attached hydrogen (secondary N) is 1. The SMILES string of the molecule is COC[C@H]1COCCN1c1cc(Cl)cc(NC(=O)c2cc(N3CCCS3(=O)=O)ncc2Cl)c1. The van der Waals surface area contributed by atoms with E-state index in [1.807, 2.05) is 12.1 Å². The molecule has 0 spiro atoms. The van der Waals surface area contributed by atoms with Crippen LogP contribution in [0.3, 0.4) is 0 Å². The maximum Gasteiger partial charge on any atom is 0.257 e. The molecular weight excluding hydrogens is 491 g/mol. The number of anilines is 3. The fraction of sp³-hybridized carbons (Fsp3) is 0.429. The number of carbonyl (C=O) groups excluding carboxylic acids is 1. The van der Waals surface area contributed by atoms with E-state index in [1.54, 1.807) is 13.2 Å². The summed E-state index contributed by atoms with van der Waals surface area (Å²) in [7, 11) is -1.80. The smallest absolute Gasteiger partial charge is 0.257 e. The second-order valence-electron chi connectivity index (χ2n) is 7.79. The van der Waals surface area contributed by atoms with E-state index in [0.29, 0.717) is 50.0 Å². The molecule has 0 radical (unpaired) electrons. The van der Waals surface area contributed by atoms with Gasteiger partial charge < -0.3 is 19.7 Å². The van der Waals surface area contributed by atoms with Crippen LogP contribution in [0, 0.1) is 0 Å². The zero-order chi connectivity index (χ0) is 23.6.